The Hall–Kier alpha value is -1.33. The summed E-state index contributed by atoms with van der Waals surface area (Å²) in [5, 5.41) is 23.9. The van der Waals surface area contributed by atoms with Crippen molar-refractivity contribution in [3.05, 3.63) is 23.9 Å². The SMILES string of the molecule is CC(C)(CO)NC1C=C(C(=O)O)C=CN1. The molecule has 84 valence electrons. The Morgan fingerprint density at radius 1 is 1.67 bits per heavy atom. The third-order valence-electron chi connectivity index (χ3n) is 2.07. The number of dihydropyridines is 1. The van der Waals surface area contributed by atoms with Crippen LogP contribution in [0.25, 0.3) is 0 Å². The van der Waals surface area contributed by atoms with Crippen molar-refractivity contribution >= 4 is 5.97 Å². The fourth-order valence-electron chi connectivity index (χ4n) is 1.22. The number of hydrogen-bond donors (Lipinski definition) is 4. The van der Waals surface area contributed by atoms with E-state index in [2.05, 4.69) is 10.6 Å². The molecule has 0 aliphatic carbocycles. The van der Waals surface area contributed by atoms with Gasteiger partial charge in [-0.25, -0.2) is 4.79 Å². The van der Waals surface area contributed by atoms with Gasteiger partial charge < -0.3 is 15.5 Å². The predicted octanol–water partition coefficient (Wildman–Crippen LogP) is -0.199. The first-order chi connectivity index (χ1) is 6.94. The molecule has 1 aliphatic heterocycles. The first-order valence-electron chi connectivity index (χ1n) is 4.71. The van der Waals surface area contributed by atoms with Crippen LogP contribution in [0.15, 0.2) is 23.9 Å². The summed E-state index contributed by atoms with van der Waals surface area (Å²) in [5.41, 5.74) is -0.219. The Morgan fingerprint density at radius 3 is 2.87 bits per heavy atom. The van der Waals surface area contributed by atoms with E-state index >= 15 is 0 Å². The molecule has 0 saturated heterocycles. The molecule has 0 saturated carbocycles. The number of hydrogen-bond acceptors (Lipinski definition) is 4. The average molecular weight is 212 g/mol. The largest absolute Gasteiger partial charge is 0.478 e. The van der Waals surface area contributed by atoms with E-state index in [1.54, 1.807) is 12.3 Å². The summed E-state index contributed by atoms with van der Waals surface area (Å²) in [7, 11) is 0. The van der Waals surface area contributed by atoms with Crippen molar-refractivity contribution in [1.29, 1.82) is 0 Å². The summed E-state index contributed by atoms with van der Waals surface area (Å²) in [6, 6.07) is 0. The molecule has 0 spiro atoms. The molecule has 1 aliphatic rings. The Kier molecular flexibility index (Phi) is 3.49. The summed E-state index contributed by atoms with van der Waals surface area (Å²) in [6.07, 6.45) is 4.36. The maximum absolute atomic E-state index is 10.7. The summed E-state index contributed by atoms with van der Waals surface area (Å²) < 4.78 is 0. The second-order valence-electron chi connectivity index (χ2n) is 4.09. The molecule has 1 atom stereocenters. The monoisotopic (exact) mass is 212 g/mol. The normalized spacial score (nSPS) is 20.7. The van der Waals surface area contributed by atoms with Gasteiger partial charge in [-0.3, -0.25) is 5.32 Å². The van der Waals surface area contributed by atoms with E-state index in [0.29, 0.717) is 0 Å². The molecule has 0 aromatic heterocycles. The minimum atomic E-state index is -0.957. The molecule has 4 N–H and O–H groups in total. The minimum absolute atomic E-state index is 0.0227. The molecule has 0 aromatic carbocycles. The van der Waals surface area contributed by atoms with Crippen molar-refractivity contribution in [2.24, 2.45) is 0 Å². The Morgan fingerprint density at radius 2 is 2.33 bits per heavy atom. The van der Waals surface area contributed by atoms with E-state index < -0.39 is 11.5 Å². The molecule has 1 heterocycles. The van der Waals surface area contributed by atoms with Crippen LogP contribution in [-0.2, 0) is 4.79 Å². The van der Waals surface area contributed by atoms with Crippen LogP contribution >= 0.6 is 0 Å². The molecular formula is C10H16N2O3. The Balaban J connectivity index is 2.66. The number of aliphatic hydroxyl groups excluding tert-OH is 1. The summed E-state index contributed by atoms with van der Waals surface area (Å²) in [4.78, 5) is 10.7. The van der Waals surface area contributed by atoms with Crippen LogP contribution in [0.4, 0.5) is 0 Å². The molecule has 0 aromatic rings. The lowest BCUT2D eigenvalue weighted by molar-refractivity contribution is -0.132. The zero-order chi connectivity index (χ0) is 11.5. The maximum Gasteiger partial charge on any atom is 0.335 e. The highest BCUT2D eigenvalue weighted by molar-refractivity contribution is 5.90. The highest BCUT2D eigenvalue weighted by Gasteiger charge is 2.21. The summed E-state index contributed by atoms with van der Waals surface area (Å²) in [6.45, 7) is 3.65. The summed E-state index contributed by atoms with van der Waals surface area (Å²) in [5.74, 6) is -0.957. The molecule has 0 amide bonds. The van der Waals surface area contributed by atoms with Crippen LogP contribution in [-0.4, -0.2) is 34.5 Å². The average Bonchev–Trinajstić information content (AvgIpc) is 2.17. The Labute approximate surface area is 88.5 Å². The van der Waals surface area contributed by atoms with Gasteiger partial charge >= 0.3 is 5.97 Å². The third kappa shape index (κ3) is 3.38. The van der Waals surface area contributed by atoms with Gasteiger partial charge in [0.15, 0.2) is 0 Å². The molecule has 0 fully saturated rings. The van der Waals surface area contributed by atoms with Crippen LogP contribution < -0.4 is 10.6 Å². The van der Waals surface area contributed by atoms with Crippen LogP contribution in [0.2, 0.25) is 0 Å². The standard InChI is InChI=1S/C10H16N2O3/c1-10(2,6-13)12-8-5-7(9(14)15)3-4-11-8/h3-5,8,11-13H,6H2,1-2H3,(H,14,15). The van der Waals surface area contributed by atoms with Crippen molar-refractivity contribution in [3.63, 3.8) is 0 Å². The lowest BCUT2D eigenvalue weighted by atomic mass is 10.1. The van der Waals surface area contributed by atoms with Gasteiger partial charge in [-0.05, 0) is 32.2 Å². The molecule has 0 bridgehead atoms. The van der Waals surface area contributed by atoms with Crippen LogP contribution in [0.5, 0.6) is 0 Å². The molecule has 0 radical (unpaired) electrons. The number of carboxylic acids is 1. The van der Waals surface area contributed by atoms with E-state index in [-0.39, 0.29) is 18.3 Å². The molecule has 1 rings (SSSR count). The fraction of sp³-hybridized carbons (Fsp3) is 0.500. The lowest BCUT2D eigenvalue weighted by Crippen LogP contribution is -2.53. The number of nitrogens with one attached hydrogen (secondary N) is 2. The number of carbonyl (C=O) groups is 1. The molecule has 5 nitrogen and oxygen atoms in total. The van der Waals surface area contributed by atoms with Gasteiger partial charge in [-0.1, -0.05) is 0 Å². The van der Waals surface area contributed by atoms with Crippen LogP contribution in [0.3, 0.4) is 0 Å². The molecule has 5 heteroatoms. The fourth-order valence-corrected chi connectivity index (χ4v) is 1.22. The van der Waals surface area contributed by atoms with Gasteiger partial charge in [-0.2, -0.15) is 0 Å². The smallest absolute Gasteiger partial charge is 0.335 e. The highest BCUT2D eigenvalue weighted by atomic mass is 16.4. The van der Waals surface area contributed by atoms with Gasteiger partial charge in [0.2, 0.25) is 0 Å². The lowest BCUT2D eigenvalue weighted by Gasteiger charge is -2.30. The predicted molar refractivity (Wildman–Crippen MR) is 56.1 cm³/mol. The maximum atomic E-state index is 10.7. The Bertz CT molecular complexity index is 308. The zero-order valence-corrected chi connectivity index (χ0v) is 8.82. The van der Waals surface area contributed by atoms with E-state index in [4.69, 9.17) is 10.2 Å². The van der Waals surface area contributed by atoms with E-state index in [0.717, 1.165) is 0 Å². The number of aliphatic hydroxyl groups is 1. The second kappa shape index (κ2) is 4.46. The summed E-state index contributed by atoms with van der Waals surface area (Å²) >= 11 is 0. The molecule has 15 heavy (non-hydrogen) atoms. The van der Waals surface area contributed by atoms with E-state index in [9.17, 15) is 4.79 Å². The van der Waals surface area contributed by atoms with Gasteiger partial charge in [-0.15, -0.1) is 0 Å². The quantitative estimate of drug-likeness (QED) is 0.519. The van der Waals surface area contributed by atoms with Crippen LogP contribution in [0, 0.1) is 0 Å². The van der Waals surface area contributed by atoms with E-state index in [1.807, 2.05) is 13.8 Å². The number of carboxylic acid groups (broad SMARTS) is 1. The third-order valence-corrected chi connectivity index (χ3v) is 2.07. The van der Waals surface area contributed by atoms with Crippen molar-refractivity contribution in [2.45, 2.75) is 25.6 Å². The first kappa shape index (κ1) is 11.7. The van der Waals surface area contributed by atoms with Crippen molar-refractivity contribution < 1.29 is 15.0 Å². The highest BCUT2D eigenvalue weighted by Crippen LogP contribution is 2.07. The van der Waals surface area contributed by atoms with Crippen molar-refractivity contribution in [1.82, 2.24) is 10.6 Å². The van der Waals surface area contributed by atoms with Crippen LogP contribution in [0.1, 0.15) is 13.8 Å². The molecule has 1 unspecified atom stereocenters. The first-order valence-corrected chi connectivity index (χ1v) is 4.71. The van der Waals surface area contributed by atoms with Crippen molar-refractivity contribution in [2.75, 3.05) is 6.61 Å². The van der Waals surface area contributed by atoms with Gasteiger partial charge in [0, 0.05) is 5.54 Å². The van der Waals surface area contributed by atoms with E-state index in [1.165, 1.54) is 6.08 Å². The second-order valence-corrected chi connectivity index (χ2v) is 4.09. The topological polar surface area (TPSA) is 81.6 Å². The molecular weight excluding hydrogens is 196 g/mol. The van der Waals surface area contributed by atoms with Gasteiger partial charge in [0.05, 0.1) is 18.3 Å². The number of rotatable bonds is 4. The van der Waals surface area contributed by atoms with Crippen molar-refractivity contribution in [3.8, 4) is 0 Å². The van der Waals surface area contributed by atoms with Gasteiger partial charge in [0.1, 0.15) is 0 Å². The zero-order valence-electron chi connectivity index (χ0n) is 8.82. The van der Waals surface area contributed by atoms with Gasteiger partial charge in [0.25, 0.3) is 0 Å². The number of aliphatic carboxylic acids is 1. The minimum Gasteiger partial charge on any atom is -0.478 e.